The Bertz CT molecular complexity index is 1980. The van der Waals surface area contributed by atoms with Crippen molar-refractivity contribution in [2.24, 2.45) is 0 Å². The van der Waals surface area contributed by atoms with E-state index >= 15 is 0 Å². The van der Waals surface area contributed by atoms with Crippen molar-refractivity contribution in [3.63, 3.8) is 0 Å². The summed E-state index contributed by atoms with van der Waals surface area (Å²) in [5, 5.41) is 11.9. The van der Waals surface area contributed by atoms with Crippen LogP contribution in [0.2, 0.25) is 0 Å². The van der Waals surface area contributed by atoms with Crippen LogP contribution in [0.5, 0.6) is 11.5 Å². The zero-order valence-corrected chi connectivity index (χ0v) is 25.6. The fourth-order valence-corrected chi connectivity index (χ4v) is 7.04. The minimum absolute atomic E-state index is 0.0461. The SMILES string of the molecule is COc1ccc(C2(c3ccc(C(C)(C)C)cc3)C=Cc3c4c(c5ccccc5c3O2)-c2ccc(C#N)cc2C4(C)C)cc1. The molecule has 43 heavy (non-hydrogen) atoms. The Morgan fingerprint density at radius 3 is 2.09 bits per heavy atom. The van der Waals surface area contributed by atoms with Gasteiger partial charge in [0.25, 0.3) is 0 Å². The number of hydrogen-bond donors (Lipinski definition) is 0. The lowest BCUT2D eigenvalue weighted by molar-refractivity contribution is 0.163. The van der Waals surface area contributed by atoms with Crippen LogP contribution in [0.1, 0.15) is 73.6 Å². The summed E-state index contributed by atoms with van der Waals surface area (Å²) < 4.78 is 12.9. The lowest BCUT2D eigenvalue weighted by Crippen LogP contribution is -2.35. The molecule has 0 saturated heterocycles. The molecule has 0 bridgehead atoms. The molecule has 1 atom stereocenters. The molecule has 0 spiro atoms. The predicted octanol–water partition coefficient (Wildman–Crippen LogP) is 9.67. The zero-order valence-electron chi connectivity index (χ0n) is 25.6. The van der Waals surface area contributed by atoms with Gasteiger partial charge in [-0.2, -0.15) is 5.26 Å². The molecular weight excluding hydrogens is 526 g/mol. The van der Waals surface area contributed by atoms with Gasteiger partial charge in [-0.05, 0) is 69.0 Å². The van der Waals surface area contributed by atoms with Gasteiger partial charge < -0.3 is 9.47 Å². The van der Waals surface area contributed by atoms with Crippen molar-refractivity contribution in [1.82, 2.24) is 0 Å². The maximum absolute atomic E-state index is 9.70. The molecule has 0 amide bonds. The first-order chi connectivity index (χ1) is 20.6. The lowest BCUT2D eigenvalue weighted by Gasteiger charge is -2.38. The fourth-order valence-electron chi connectivity index (χ4n) is 7.04. The first-order valence-electron chi connectivity index (χ1n) is 14.9. The van der Waals surface area contributed by atoms with E-state index in [1.54, 1.807) is 7.11 Å². The minimum Gasteiger partial charge on any atom is -0.497 e. The second-order valence-corrected chi connectivity index (χ2v) is 13.3. The van der Waals surface area contributed by atoms with Crippen molar-refractivity contribution in [3.8, 4) is 28.7 Å². The van der Waals surface area contributed by atoms with E-state index in [1.165, 1.54) is 27.8 Å². The van der Waals surface area contributed by atoms with Crippen LogP contribution in [0.25, 0.3) is 28.0 Å². The Hall–Kier alpha value is -4.81. The average Bonchev–Trinajstić information content (AvgIpc) is 3.26. The second kappa shape index (κ2) is 9.35. The van der Waals surface area contributed by atoms with Gasteiger partial charge >= 0.3 is 0 Å². The van der Waals surface area contributed by atoms with Crippen molar-refractivity contribution >= 4 is 16.8 Å². The van der Waals surface area contributed by atoms with Crippen molar-refractivity contribution in [1.29, 1.82) is 5.26 Å². The van der Waals surface area contributed by atoms with Gasteiger partial charge in [-0.15, -0.1) is 0 Å². The monoisotopic (exact) mass is 561 g/mol. The molecule has 0 saturated carbocycles. The summed E-state index contributed by atoms with van der Waals surface area (Å²) in [5.74, 6) is 1.69. The Labute approximate surface area is 254 Å². The maximum Gasteiger partial charge on any atom is 0.178 e. The number of nitrogens with zero attached hydrogens (tertiary/aromatic N) is 1. The third kappa shape index (κ3) is 3.93. The first-order valence-corrected chi connectivity index (χ1v) is 14.9. The number of rotatable bonds is 3. The number of ether oxygens (including phenoxy) is 2. The van der Waals surface area contributed by atoms with Crippen LogP contribution >= 0.6 is 0 Å². The molecule has 1 aliphatic heterocycles. The number of hydrogen-bond acceptors (Lipinski definition) is 3. The molecule has 5 aromatic carbocycles. The highest BCUT2D eigenvalue weighted by Gasteiger charge is 2.44. The zero-order chi connectivity index (χ0) is 30.1. The van der Waals surface area contributed by atoms with E-state index in [0.29, 0.717) is 5.56 Å². The molecule has 5 aromatic rings. The van der Waals surface area contributed by atoms with E-state index in [-0.39, 0.29) is 10.8 Å². The van der Waals surface area contributed by atoms with Crippen LogP contribution < -0.4 is 9.47 Å². The van der Waals surface area contributed by atoms with Crippen LogP contribution in [-0.4, -0.2) is 7.11 Å². The normalized spacial score (nSPS) is 17.9. The van der Waals surface area contributed by atoms with Gasteiger partial charge in [-0.1, -0.05) is 107 Å². The first kappa shape index (κ1) is 27.0. The number of fused-ring (bicyclic) bond motifs is 8. The second-order valence-electron chi connectivity index (χ2n) is 13.3. The van der Waals surface area contributed by atoms with Gasteiger partial charge in [0.1, 0.15) is 11.5 Å². The lowest BCUT2D eigenvalue weighted by atomic mass is 9.76. The van der Waals surface area contributed by atoms with Crippen molar-refractivity contribution in [3.05, 3.63) is 136 Å². The predicted molar refractivity (Wildman–Crippen MR) is 175 cm³/mol. The van der Waals surface area contributed by atoms with Gasteiger partial charge in [0.2, 0.25) is 0 Å². The molecule has 2 aliphatic rings. The number of nitriles is 1. The molecule has 1 unspecified atom stereocenters. The van der Waals surface area contributed by atoms with Crippen LogP contribution in [0, 0.1) is 11.3 Å². The highest BCUT2D eigenvalue weighted by molar-refractivity contribution is 6.08. The summed E-state index contributed by atoms with van der Waals surface area (Å²) in [5.41, 5.74) is 8.91. The van der Waals surface area contributed by atoms with E-state index in [9.17, 15) is 5.26 Å². The highest BCUT2D eigenvalue weighted by atomic mass is 16.5. The standard InChI is InChI=1S/C40H35NO2/c1-38(2,3)26-12-14-27(15-13-26)40(28-16-18-29(42-6)19-17-28)22-21-33-36-35(30-9-7-8-10-31(30)37(33)43-40)32-20-11-25(24-41)23-34(32)39(36,4)5/h7-23H,1-6H3. The Morgan fingerprint density at radius 1 is 0.814 bits per heavy atom. The third-order valence-corrected chi connectivity index (χ3v) is 9.37. The molecule has 0 radical (unpaired) electrons. The van der Waals surface area contributed by atoms with Crippen LogP contribution in [0.4, 0.5) is 0 Å². The number of methoxy groups -OCH3 is 1. The van der Waals surface area contributed by atoms with Crippen molar-refractivity contribution < 1.29 is 9.47 Å². The summed E-state index contributed by atoms with van der Waals surface area (Å²) >= 11 is 0. The van der Waals surface area contributed by atoms with Gasteiger partial charge in [0.15, 0.2) is 5.60 Å². The molecule has 1 aliphatic carbocycles. The summed E-state index contributed by atoms with van der Waals surface area (Å²) in [4.78, 5) is 0. The Balaban J connectivity index is 1.51. The average molecular weight is 562 g/mol. The van der Waals surface area contributed by atoms with E-state index < -0.39 is 5.60 Å². The summed E-state index contributed by atoms with van der Waals surface area (Å²) in [6.45, 7) is 11.2. The molecule has 0 fully saturated rings. The molecule has 3 heteroatoms. The summed E-state index contributed by atoms with van der Waals surface area (Å²) in [6, 6.07) is 34.1. The third-order valence-electron chi connectivity index (χ3n) is 9.37. The summed E-state index contributed by atoms with van der Waals surface area (Å²) in [6.07, 6.45) is 4.49. The van der Waals surface area contributed by atoms with Gasteiger partial charge in [-0.3, -0.25) is 0 Å². The Kier molecular flexibility index (Phi) is 5.88. The van der Waals surface area contributed by atoms with Crippen molar-refractivity contribution in [2.75, 3.05) is 7.11 Å². The van der Waals surface area contributed by atoms with Crippen LogP contribution in [-0.2, 0) is 16.4 Å². The van der Waals surface area contributed by atoms with E-state index in [0.717, 1.165) is 39.0 Å². The van der Waals surface area contributed by atoms with E-state index in [4.69, 9.17) is 9.47 Å². The van der Waals surface area contributed by atoms with Gasteiger partial charge in [0.05, 0.1) is 18.7 Å². The highest BCUT2D eigenvalue weighted by Crippen LogP contribution is 2.58. The molecule has 212 valence electrons. The quantitative estimate of drug-likeness (QED) is 0.220. The maximum atomic E-state index is 9.70. The van der Waals surface area contributed by atoms with Crippen LogP contribution in [0.3, 0.4) is 0 Å². The van der Waals surface area contributed by atoms with Gasteiger partial charge in [-0.25, -0.2) is 0 Å². The molecule has 7 rings (SSSR count). The molecule has 1 heterocycles. The van der Waals surface area contributed by atoms with Crippen molar-refractivity contribution in [2.45, 2.75) is 51.0 Å². The topological polar surface area (TPSA) is 42.2 Å². The molecule has 3 nitrogen and oxygen atoms in total. The van der Waals surface area contributed by atoms with E-state index in [1.807, 2.05) is 18.2 Å². The molecule has 0 N–H and O–H groups in total. The van der Waals surface area contributed by atoms with Crippen LogP contribution in [0.15, 0.2) is 97.1 Å². The van der Waals surface area contributed by atoms with Gasteiger partial charge in [0, 0.05) is 27.5 Å². The number of benzene rings is 5. The Morgan fingerprint density at radius 2 is 1.47 bits per heavy atom. The fraction of sp³-hybridized carbons (Fsp3) is 0.225. The minimum atomic E-state index is -0.837. The van der Waals surface area contributed by atoms with E-state index in [2.05, 4.69) is 126 Å². The smallest absolute Gasteiger partial charge is 0.178 e. The molecular formula is C40H35NO2. The largest absolute Gasteiger partial charge is 0.497 e. The molecule has 0 aromatic heterocycles. The summed E-state index contributed by atoms with van der Waals surface area (Å²) in [7, 11) is 1.69.